The summed E-state index contributed by atoms with van der Waals surface area (Å²) in [6.07, 6.45) is 0.330. The molecule has 0 atom stereocenters. The number of alkyl halides is 3. The van der Waals surface area contributed by atoms with Crippen LogP contribution in [-0.2, 0) is 17.5 Å². The predicted octanol–water partition coefficient (Wildman–Crippen LogP) is 3.92. The molecule has 6 nitrogen and oxygen atoms in total. The number of nitrogen functional groups attached to an aromatic ring is 1. The van der Waals surface area contributed by atoms with Gasteiger partial charge >= 0.3 is 6.18 Å². The number of hydrogen-bond donors (Lipinski definition) is 2. The molecule has 9 heteroatoms. The molecule has 2 heterocycles. The zero-order chi connectivity index (χ0) is 23.6. The minimum Gasteiger partial charge on any atom is -0.398 e. The van der Waals surface area contributed by atoms with E-state index in [1.54, 1.807) is 6.07 Å². The average molecular weight is 451 g/mol. The molecular formula is C23H29F3N4O2. The molecule has 1 aliphatic heterocycles. The van der Waals surface area contributed by atoms with Crippen LogP contribution in [-0.4, -0.2) is 41.7 Å². The number of anilines is 1. The van der Waals surface area contributed by atoms with Crippen molar-refractivity contribution < 1.29 is 22.8 Å². The number of nitrogens with two attached hydrogens (primary N) is 1. The Morgan fingerprint density at radius 2 is 1.94 bits per heavy atom. The van der Waals surface area contributed by atoms with E-state index in [-0.39, 0.29) is 11.8 Å². The predicted molar refractivity (Wildman–Crippen MR) is 117 cm³/mol. The quantitative estimate of drug-likeness (QED) is 0.515. The lowest BCUT2D eigenvalue weighted by atomic mass is 9.95. The van der Waals surface area contributed by atoms with Gasteiger partial charge in [-0.05, 0) is 56.1 Å². The summed E-state index contributed by atoms with van der Waals surface area (Å²) >= 11 is 0. The van der Waals surface area contributed by atoms with Crippen LogP contribution < -0.4 is 11.1 Å². The lowest BCUT2D eigenvalue weighted by Gasteiger charge is -2.31. The van der Waals surface area contributed by atoms with Crippen LogP contribution in [0.25, 0.3) is 0 Å². The van der Waals surface area contributed by atoms with Crippen molar-refractivity contribution in [1.29, 1.82) is 0 Å². The summed E-state index contributed by atoms with van der Waals surface area (Å²) in [4.78, 5) is 28.6. The van der Waals surface area contributed by atoms with Crippen molar-refractivity contribution in [2.24, 2.45) is 5.92 Å². The number of aromatic nitrogens is 1. The van der Waals surface area contributed by atoms with E-state index in [2.05, 4.69) is 22.1 Å². The Kier molecular flexibility index (Phi) is 9.64. The third-order valence-corrected chi connectivity index (χ3v) is 5.20. The molecule has 1 aromatic heterocycles. The second-order valence-electron chi connectivity index (χ2n) is 7.59. The number of carbonyl (C=O) groups is 2. The Morgan fingerprint density at radius 1 is 1.22 bits per heavy atom. The number of hydrogen-bond acceptors (Lipinski definition) is 5. The van der Waals surface area contributed by atoms with Gasteiger partial charge in [0.2, 0.25) is 5.91 Å². The van der Waals surface area contributed by atoms with Gasteiger partial charge in [-0.3, -0.25) is 19.5 Å². The summed E-state index contributed by atoms with van der Waals surface area (Å²) in [6.45, 7) is 5.27. The molecule has 0 unspecified atom stereocenters. The van der Waals surface area contributed by atoms with Crippen LogP contribution in [0.4, 0.5) is 18.9 Å². The van der Waals surface area contributed by atoms with Gasteiger partial charge < -0.3 is 11.1 Å². The maximum atomic E-state index is 12.0. The summed E-state index contributed by atoms with van der Waals surface area (Å²) in [5, 5.41) is 2.97. The molecular weight excluding hydrogens is 421 g/mol. The van der Waals surface area contributed by atoms with Gasteiger partial charge in [0.1, 0.15) is 5.69 Å². The van der Waals surface area contributed by atoms with E-state index >= 15 is 0 Å². The van der Waals surface area contributed by atoms with Crippen LogP contribution in [0, 0.1) is 5.92 Å². The van der Waals surface area contributed by atoms with Crippen molar-refractivity contribution in [3.63, 3.8) is 0 Å². The molecule has 3 N–H and O–H groups in total. The van der Waals surface area contributed by atoms with E-state index in [0.717, 1.165) is 63.0 Å². The van der Waals surface area contributed by atoms with E-state index in [4.69, 9.17) is 5.73 Å². The molecule has 174 valence electrons. The van der Waals surface area contributed by atoms with Gasteiger partial charge in [-0.15, -0.1) is 0 Å². The van der Waals surface area contributed by atoms with Gasteiger partial charge in [0, 0.05) is 36.5 Å². The summed E-state index contributed by atoms with van der Waals surface area (Å²) in [7, 11) is 0. The largest absolute Gasteiger partial charge is 0.433 e. The molecule has 1 fully saturated rings. The van der Waals surface area contributed by atoms with Crippen LogP contribution in [0.3, 0.4) is 0 Å². The number of aldehydes is 1. The Morgan fingerprint density at radius 3 is 2.47 bits per heavy atom. The number of likely N-dealkylation sites (tertiary alicyclic amines) is 1. The molecule has 32 heavy (non-hydrogen) atoms. The standard InChI is InChI=1S/C17H25N3O2.C6H4F3N/c1-2-8-19-17(22)13-6-9-20(10-7-13)11-14-4-3-5-16(18)15(14)12-21;7-6(8,9)5-3-1-2-4-10-5/h3-5,12-13H,2,6-11,18H2,1H3,(H,19,22);1-4H. The molecule has 3 rings (SSSR count). The fourth-order valence-corrected chi connectivity index (χ4v) is 3.43. The van der Waals surface area contributed by atoms with Crippen LogP contribution in [0.1, 0.15) is 47.8 Å². The van der Waals surface area contributed by atoms with Gasteiger partial charge in [-0.2, -0.15) is 13.2 Å². The van der Waals surface area contributed by atoms with E-state index < -0.39 is 11.9 Å². The number of amides is 1. The molecule has 0 spiro atoms. The number of piperidine rings is 1. The average Bonchev–Trinajstić information content (AvgIpc) is 2.78. The third kappa shape index (κ3) is 7.64. The molecule has 2 aromatic rings. The first-order valence-corrected chi connectivity index (χ1v) is 10.6. The highest BCUT2D eigenvalue weighted by Gasteiger charge is 2.31. The Hall–Kier alpha value is -2.94. The van der Waals surface area contributed by atoms with Crippen LogP contribution in [0.15, 0.2) is 42.6 Å². The van der Waals surface area contributed by atoms with E-state index in [1.807, 2.05) is 12.1 Å². The first-order chi connectivity index (χ1) is 15.3. The summed E-state index contributed by atoms with van der Waals surface area (Å²) in [6, 6.07) is 9.24. The molecule has 0 saturated carbocycles. The number of carbonyl (C=O) groups excluding carboxylic acids is 2. The monoisotopic (exact) mass is 450 g/mol. The van der Waals surface area contributed by atoms with E-state index in [1.165, 1.54) is 12.1 Å². The summed E-state index contributed by atoms with van der Waals surface area (Å²) < 4.78 is 35.2. The number of halogens is 3. The maximum Gasteiger partial charge on any atom is 0.433 e. The lowest BCUT2D eigenvalue weighted by molar-refractivity contribution is -0.141. The highest BCUT2D eigenvalue weighted by atomic mass is 19.4. The fourth-order valence-electron chi connectivity index (χ4n) is 3.43. The fraction of sp³-hybridized carbons (Fsp3) is 0.435. The minimum atomic E-state index is -4.32. The smallest absolute Gasteiger partial charge is 0.398 e. The molecule has 0 aliphatic carbocycles. The van der Waals surface area contributed by atoms with Crippen molar-refractivity contribution in [2.75, 3.05) is 25.4 Å². The Balaban J connectivity index is 0.000000303. The molecule has 0 radical (unpaired) electrons. The number of benzene rings is 1. The zero-order valence-electron chi connectivity index (χ0n) is 18.1. The second-order valence-corrected chi connectivity index (χ2v) is 7.59. The Bertz CT molecular complexity index is 867. The van der Waals surface area contributed by atoms with Crippen molar-refractivity contribution in [1.82, 2.24) is 15.2 Å². The molecule has 1 aromatic carbocycles. The molecule has 1 saturated heterocycles. The molecule has 1 amide bonds. The normalized spacial score (nSPS) is 14.9. The van der Waals surface area contributed by atoms with Crippen LogP contribution in [0.5, 0.6) is 0 Å². The van der Waals surface area contributed by atoms with E-state index in [0.29, 0.717) is 17.8 Å². The SMILES string of the molecule is CCCNC(=O)C1CCN(Cc2cccc(N)c2C=O)CC1.FC(F)(F)c1ccccn1. The minimum absolute atomic E-state index is 0.120. The van der Waals surface area contributed by atoms with Crippen molar-refractivity contribution in [3.8, 4) is 0 Å². The van der Waals surface area contributed by atoms with Crippen molar-refractivity contribution >= 4 is 17.9 Å². The van der Waals surface area contributed by atoms with Crippen molar-refractivity contribution in [3.05, 3.63) is 59.4 Å². The highest BCUT2D eigenvalue weighted by molar-refractivity contribution is 5.85. The van der Waals surface area contributed by atoms with E-state index in [9.17, 15) is 22.8 Å². The number of nitrogens with zero attached hydrogens (tertiary/aromatic N) is 2. The zero-order valence-corrected chi connectivity index (χ0v) is 18.1. The number of nitrogens with one attached hydrogen (secondary N) is 1. The third-order valence-electron chi connectivity index (χ3n) is 5.20. The first kappa shape index (κ1) is 25.3. The second kappa shape index (κ2) is 12.2. The molecule has 0 bridgehead atoms. The highest BCUT2D eigenvalue weighted by Crippen LogP contribution is 2.26. The molecule has 1 aliphatic rings. The maximum absolute atomic E-state index is 12.0. The Labute approximate surface area is 186 Å². The lowest BCUT2D eigenvalue weighted by Crippen LogP contribution is -2.40. The van der Waals surface area contributed by atoms with Crippen LogP contribution >= 0.6 is 0 Å². The van der Waals surface area contributed by atoms with Gasteiger partial charge in [0.25, 0.3) is 0 Å². The first-order valence-electron chi connectivity index (χ1n) is 10.6. The van der Waals surface area contributed by atoms with Gasteiger partial charge in [0.15, 0.2) is 6.29 Å². The summed E-state index contributed by atoms with van der Waals surface area (Å²) in [5.74, 6) is 0.299. The van der Waals surface area contributed by atoms with Crippen molar-refractivity contribution in [2.45, 2.75) is 38.9 Å². The number of rotatable bonds is 6. The van der Waals surface area contributed by atoms with Gasteiger partial charge in [-0.1, -0.05) is 25.1 Å². The van der Waals surface area contributed by atoms with Gasteiger partial charge in [0.05, 0.1) is 0 Å². The van der Waals surface area contributed by atoms with Crippen LogP contribution in [0.2, 0.25) is 0 Å². The summed E-state index contributed by atoms with van der Waals surface area (Å²) in [5.41, 5.74) is 7.07. The topological polar surface area (TPSA) is 88.3 Å². The number of pyridine rings is 1. The van der Waals surface area contributed by atoms with Gasteiger partial charge in [-0.25, -0.2) is 0 Å².